The van der Waals surface area contributed by atoms with Gasteiger partial charge in [-0.05, 0) is 60.6 Å². The molecule has 1 heterocycles. The van der Waals surface area contributed by atoms with Crippen LogP contribution in [0.2, 0.25) is 0 Å². The van der Waals surface area contributed by atoms with E-state index >= 15 is 0 Å². The first-order chi connectivity index (χ1) is 13.2. The van der Waals surface area contributed by atoms with Crippen molar-refractivity contribution in [1.29, 1.82) is 0 Å². The number of ether oxygens (including phenoxy) is 1. The maximum atomic E-state index is 5.90. The van der Waals surface area contributed by atoms with Gasteiger partial charge in [-0.25, -0.2) is 0 Å². The zero-order valence-corrected chi connectivity index (χ0v) is 16.3. The van der Waals surface area contributed by atoms with Crippen LogP contribution in [-0.4, -0.2) is 22.8 Å². The summed E-state index contributed by atoms with van der Waals surface area (Å²) in [5, 5.41) is 12.9. The molecule has 0 bridgehead atoms. The third-order valence-electron chi connectivity index (χ3n) is 4.91. The number of anilines is 1. The Kier molecular flexibility index (Phi) is 5.36. The molecule has 1 aromatic carbocycles. The van der Waals surface area contributed by atoms with E-state index in [1.807, 2.05) is 0 Å². The van der Waals surface area contributed by atoms with Crippen LogP contribution in [0.5, 0.6) is 5.75 Å². The van der Waals surface area contributed by atoms with Crippen molar-refractivity contribution in [2.24, 2.45) is 0 Å². The SMILES string of the molecule is CC(=C1CC1NCc1nnc(N)s1)c1ccc(OCC2=CCCC=C2)cc1. The Morgan fingerprint density at radius 3 is 2.81 bits per heavy atom. The Morgan fingerprint density at radius 1 is 1.26 bits per heavy atom. The number of benzene rings is 1. The summed E-state index contributed by atoms with van der Waals surface area (Å²) in [4.78, 5) is 0. The molecule has 0 radical (unpaired) electrons. The molecule has 6 heteroatoms. The number of hydrogen-bond donors (Lipinski definition) is 2. The number of allylic oxidation sites excluding steroid dienone is 3. The van der Waals surface area contributed by atoms with Gasteiger partial charge < -0.3 is 15.8 Å². The van der Waals surface area contributed by atoms with Crippen LogP contribution in [0.25, 0.3) is 5.57 Å². The largest absolute Gasteiger partial charge is 0.489 e. The van der Waals surface area contributed by atoms with E-state index in [-0.39, 0.29) is 0 Å². The molecule has 0 amide bonds. The second-order valence-electron chi connectivity index (χ2n) is 6.89. The highest BCUT2D eigenvalue weighted by molar-refractivity contribution is 7.15. The maximum absolute atomic E-state index is 5.90. The first-order valence-electron chi connectivity index (χ1n) is 9.29. The standard InChI is InChI=1S/C21H24N4OS/c1-14(18-11-19(18)23-12-20-24-25-21(22)27-20)16-7-9-17(10-8-16)26-13-15-5-3-2-4-6-15/h3,5-10,19,23H,2,4,11-13H2,1H3,(H2,22,25). The molecule has 1 fully saturated rings. The van der Waals surface area contributed by atoms with Gasteiger partial charge in [-0.1, -0.05) is 41.7 Å². The molecule has 2 aromatic rings. The molecule has 0 saturated heterocycles. The monoisotopic (exact) mass is 380 g/mol. The molecule has 1 aromatic heterocycles. The van der Waals surface area contributed by atoms with Gasteiger partial charge in [-0.15, -0.1) is 10.2 Å². The minimum Gasteiger partial charge on any atom is -0.489 e. The molecule has 0 aliphatic heterocycles. The molecule has 1 unspecified atom stereocenters. The topological polar surface area (TPSA) is 73.1 Å². The van der Waals surface area contributed by atoms with Crippen LogP contribution >= 0.6 is 11.3 Å². The Morgan fingerprint density at radius 2 is 2.11 bits per heavy atom. The maximum Gasteiger partial charge on any atom is 0.203 e. The molecular weight excluding hydrogens is 356 g/mol. The summed E-state index contributed by atoms with van der Waals surface area (Å²) in [6.07, 6.45) is 9.94. The van der Waals surface area contributed by atoms with Gasteiger partial charge >= 0.3 is 0 Å². The Hall–Kier alpha value is -2.44. The van der Waals surface area contributed by atoms with Gasteiger partial charge in [0.25, 0.3) is 0 Å². The van der Waals surface area contributed by atoms with Crippen LogP contribution in [0.1, 0.15) is 36.8 Å². The molecule has 2 aliphatic carbocycles. The summed E-state index contributed by atoms with van der Waals surface area (Å²) in [5.41, 5.74) is 10.9. The number of nitrogen functional groups attached to an aromatic ring is 1. The van der Waals surface area contributed by atoms with Gasteiger partial charge in [0.2, 0.25) is 5.13 Å². The van der Waals surface area contributed by atoms with Crippen LogP contribution in [0.4, 0.5) is 5.13 Å². The van der Waals surface area contributed by atoms with Crippen LogP contribution in [0, 0.1) is 0 Å². The fourth-order valence-corrected chi connectivity index (χ4v) is 3.81. The van der Waals surface area contributed by atoms with Gasteiger partial charge in [0.05, 0.1) is 6.54 Å². The third kappa shape index (κ3) is 4.64. The first-order valence-corrected chi connectivity index (χ1v) is 10.1. The van der Waals surface area contributed by atoms with Crippen LogP contribution in [0.3, 0.4) is 0 Å². The van der Waals surface area contributed by atoms with E-state index in [0.717, 1.165) is 30.0 Å². The second kappa shape index (κ2) is 8.06. The van der Waals surface area contributed by atoms with Crippen molar-refractivity contribution in [3.63, 3.8) is 0 Å². The quantitative estimate of drug-likeness (QED) is 0.756. The van der Waals surface area contributed by atoms with Crippen molar-refractivity contribution in [2.45, 2.75) is 38.8 Å². The van der Waals surface area contributed by atoms with Gasteiger partial charge in [0.1, 0.15) is 17.4 Å². The van der Waals surface area contributed by atoms with E-state index in [1.54, 1.807) is 0 Å². The van der Waals surface area contributed by atoms with Crippen molar-refractivity contribution in [2.75, 3.05) is 12.3 Å². The van der Waals surface area contributed by atoms with E-state index in [9.17, 15) is 0 Å². The molecule has 2 aliphatic rings. The summed E-state index contributed by atoms with van der Waals surface area (Å²) < 4.78 is 5.90. The summed E-state index contributed by atoms with van der Waals surface area (Å²) in [5.74, 6) is 0.913. The Labute approximate surface area is 163 Å². The zero-order chi connectivity index (χ0) is 18.6. The lowest BCUT2D eigenvalue weighted by molar-refractivity contribution is 0.354. The van der Waals surface area contributed by atoms with Gasteiger partial charge in [-0.2, -0.15) is 0 Å². The molecule has 5 nitrogen and oxygen atoms in total. The number of nitrogens with one attached hydrogen (secondary N) is 1. The molecule has 3 N–H and O–H groups in total. The number of rotatable bonds is 7. The summed E-state index contributed by atoms with van der Waals surface area (Å²) in [6, 6.07) is 8.83. The Bertz CT molecular complexity index is 895. The smallest absolute Gasteiger partial charge is 0.203 e. The molecule has 1 atom stereocenters. The molecule has 4 rings (SSSR count). The zero-order valence-electron chi connectivity index (χ0n) is 15.4. The van der Waals surface area contributed by atoms with Crippen LogP contribution in [0.15, 0.2) is 53.6 Å². The molecule has 0 spiro atoms. The second-order valence-corrected chi connectivity index (χ2v) is 7.99. The highest BCUT2D eigenvalue weighted by atomic mass is 32.1. The molecule has 27 heavy (non-hydrogen) atoms. The molecular formula is C21H24N4OS. The van der Waals surface area contributed by atoms with Gasteiger partial charge in [0, 0.05) is 6.04 Å². The highest BCUT2D eigenvalue weighted by Gasteiger charge is 2.31. The van der Waals surface area contributed by atoms with Crippen molar-refractivity contribution < 1.29 is 4.74 Å². The Balaban J connectivity index is 1.31. The molecule has 1 saturated carbocycles. The van der Waals surface area contributed by atoms with Crippen LogP contribution in [-0.2, 0) is 6.54 Å². The number of hydrogen-bond acceptors (Lipinski definition) is 6. The van der Waals surface area contributed by atoms with E-state index in [0.29, 0.717) is 24.3 Å². The minimum atomic E-state index is 0.427. The lowest BCUT2D eigenvalue weighted by Crippen LogP contribution is -2.15. The van der Waals surface area contributed by atoms with Gasteiger partial charge in [-0.3, -0.25) is 0 Å². The molecule has 140 valence electrons. The predicted octanol–water partition coefficient (Wildman–Crippen LogP) is 4.11. The predicted molar refractivity (Wildman–Crippen MR) is 111 cm³/mol. The normalized spacial score (nSPS) is 20.3. The lowest BCUT2D eigenvalue weighted by atomic mass is 10.1. The van der Waals surface area contributed by atoms with E-state index in [1.165, 1.54) is 33.6 Å². The van der Waals surface area contributed by atoms with Crippen molar-refractivity contribution in [3.05, 3.63) is 64.2 Å². The van der Waals surface area contributed by atoms with E-state index in [2.05, 4.69) is 64.9 Å². The van der Waals surface area contributed by atoms with Crippen LogP contribution < -0.4 is 15.8 Å². The summed E-state index contributed by atoms with van der Waals surface area (Å²) in [7, 11) is 0. The van der Waals surface area contributed by atoms with Crippen molar-refractivity contribution in [3.8, 4) is 5.75 Å². The fraction of sp³-hybridized carbons (Fsp3) is 0.333. The average Bonchev–Trinajstić information content (AvgIpc) is 3.37. The van der Waals surface area contributed by atoms with E-state index in [4.69, 9.17) is 10.5 Å². The van der Waals surface area contributed by atoms with Crippen molar-refractivity contribution in [1.82, 2.24) is 15.5 Å². The number of aromatic nitrogens is 2. The third-order valence-corrected chi connectivity index (χ3v) is 5.67. The summed E-state index contributed by atoms with van der Waals surface area (Å²) >= 11 is 1.43. The lowest BCUT2D eigenvalue weighted by Gasteiger charge is -2.10. The number of nitrogens with two attached hydrogens (primary N) is 1. The summed E-state index contributed by atoms with van der Waals surface area (Å²) in [6.45, 7) is 3.54. The minimum absolute atomic E-state index is 0.427. The van der Waals surface area contributed by atoms with Crippen molar-refractivity contribution >= 4 is 22.0 Å². The number of nitrogens with zero attached hydrogens (tertiary/aromatic N) is 2. The van der Waals surface area contributed by atoms with Gasteiger partial charge in [0.15, 0.2) is 0 Å². The average molecular weight is 381 g/mol. The van der Waals surface area contributed by atoms with E-state index < -0.39 is 0 Å². The fourth-order valence-electron chi connectivity index (χ4n) is 3.25. The first kappa shape index (κ1) is 17.9. The highest BCUT2D eigenvalue weighted by Crippen LogP contribution is 2.37.